The summed E-state index contributed by atoms with van der Waals surface area (Å²) in [5.41, 5.74) is 2.20. The molecule has 2 aromatic carbocycles. The first-order chi connectivity index (χ1) is 15.4. The first-order valence-corrected chi connectivity index (χ1v) is 9.73. The minimum Gasteiger partial charge on any atom is -0.457 e. The zero-order valence-electron chi connectivity index (χ0n) is 17.4. The highest BCUT2D eigenvalue weighted by atomic mass is 16.6. The van der Waals surface area contributed by atoms with Crippen molar-refractivity contribution >= 4 is 17.3 Å². The molecule has 0 aliphatic rings. The lowest BCUT2D eigenvalue weighted by atomic mass is 10.1. The van der Waals surface area contributed by atoms with Crippen LogP contribution in [0.25, 0.3) is 0 Å². The van der Waals surface area contributed by atoms with E-state index in [1.165, 1.54) is 18.2 Å². The Labute approximate surface area is 183 Å². The molecule has 4 aromatic rings. The van der Waals surface area contributed by atoms with Crippen LogP contribution in [-0.2, 0) is 6.67 Å². The molecule has 0 atom stereocenters. The number of benzene rings is 2. The van der Waals surface area contributed by atoms with E-state index in [1.807, 2.05) is 32.0 Å². The van der Waals surface area contributed by atoms with Crippen LogP contribution >= 0.6 is 0 Å². The maximum absolute atomic E-state index is 12.6. The van der Waals surface area contributed by atoms with Gasteiger partial charge in [-0.15, -0.1) is 0 Å². The smallest absolute Gasteiger partial charge is 0.276 e. The molecule has 2 aromatic heterocycles. The van der Waals surface area contributed by atoms with Crippen LogP contribution in [0, 0.1) is 24.0 Å². The standard InChI is InChI=1S/C22H20N6O4/c1-15-8-16(2)10-19(9-15)32-20-12-17(11-18(13-20)28(30)31)24-22(29)21-4-7-27(25-21)14-26-6-3-5-23-26/h3-13H,14H2,1-2H3,(H,24,29). The second-order valence-corrected chi connectivity index (χ2v) is 7.28. The zero-order chi connectivity index (χ0) is 22.7. The van der Waals surface area contributed by atoms with Gasteiger partial charge < -0.3 is 10.1 Å². The van der Waals surface area contributed by atoms with Gasteiger partial charge in [-0.3, -0.25) is 24.3 Å². The van der Waals surface area contributed by atoms with Crippen LogP contribution < -0.4 is 10.1 Å². The molecule has 0 unspecified atom stereocenters. The molecule has 0 saturated heterocycles. The van der Waals surface area contributed by atoms with E-state index >= 15 is 0 Å². The van der Waals surface area contributed by atoms with Gasteiger partial charge in [-0.2, -0.15) is 10.2 Å². The van der Waals surface area contributed by atoms with E-state index in [2.05, 4.69) is 15.5 Å². The minimum atomic E-state index is -0.539. The largest absolute Gasteiger partial charge is 0.457 e. The van der Waals surface area contributed by atoms with Crippen LogP contribution in [0.2, 0.25) is 0 Å². The number of rotatable bonds is 7. The fourth-order valence-corrected chi connectivity index (χ4v) is 3.24. The predicted molar refractivity (Wildman–Crippen MR) is 117 cm³/mol. The van der Waals surface area contributed by atoms with Gasteiger partial charge in [0.15, 0.2) is 5.69 Å². The van der Waals surface area contributed by atoms with E-state index in [1.54, 1.807) is 40.1 Å². The van der Waals surface area contributed by atoms with Gasteiger partial charge in [-0.25, -0.2) is 0 Å². The first-order valence-electron chi connectivity index (χ1n) is 9.73. The van der Waals surface area contributed by atoms with Crippen LogP contribution in [0.5, 0.6) is 11.5 Å². The SMILES string of the molecule is Cc1cc(C)cc(Oc2cc(NC(=O)c3ccn(Cn4cccn4)n3)cc([N+](=O)[O-])c2)c1. The minimum absolute atomic E-state index is 0.167. The van der Waals surface area contributed by atoms with Crippen LogP contribution in [0.15, 0.2) is 67.1 Å². The lowest BCUT2D eigenvalue weighted by Crippen LogP contribution is -2.15. The Morgan fingerprint density at radius 3 is 2.50 bits per heavy atom. The molecule has 1 N–H and O–H groups in total. The summed E-state index contributed by atoms with van der Waals surface area (Å²) in [5, 5.41) is 22.4. The van der Waals surface area contributed by atoms with E-state index < -0.39 is 10.8 Å². The number of nitrogens with zero attached hydrogens (tertiary/aromatic N) is 5. The number of aromatic nitrogens is 4. The number of hydrogen-bond donors (Lipinski definition) is 1. The van der Waals surface area contributed by atoms with Crippen LogP contribution in [0.3, 0.4) is 0 Å². The Balaban J connectivity index is 1.54. The molecule has 0 aliphatic carbocycles. The van der Waals surface area contributed by atoms with Gasteiger partial charge in [0, 0.05) is 30.7 Å². The molecule has 0 saturated carbocycles. The second kappa shape index (κ2) is 8.72. The molecular weight excluding hydrogens is 412 g/mol. The van der Waals surface area contributed by atoms with Gasteiger partial charge in [0.2, 0.25) is 0 Å². The van der Waals surface area contributed by atoms with E-state index in [4.69, 9.17) is 4.74 Å². The molecule has 10 heteroatoms. The Morgan fingerprint density at radius 2 is 1.81 bits per heavy atom. The van der Waals surface area contributed by atoms with Crippen LogP contribution in [0.4, 0.5) is 11.4 Å². The van der Waals surface area contributed by atoms with Crippen molar-refractivity contribution in [2.45, 2.75) is 20.5 Å². The third kappa shape index (κ3) is 4.98. The number of ether oxygens (including phenoxy) is 1. The fourth-order valence-electron chi connectivity index (χ4n) is 3.24. The molecular formula is C22H20N6O4. The Kier molecular flexibility index (Phi) is 5.67. The van der Waals surface area contributed by atoms with Gasteiger partial charge in [0.25, 0.3) is 11.6 Å². The number of hydrogen-bond acceptors (Lipinski definition) is 6. The summed E-state index contributed by atoms with van der Waals surface area (Å²) < 4.78 is 9.05. The number of nitro benzene ring substituents is 1. The molecule has 162 valence electrons. The molecule has 0 bridgehead atoms. The lowest BCUT2D eigenvalue weighted by Gasteiger charge is -2.10. The Bertz CT molecular complexity index is 1260. The molecule has 0 fully saturated rings. The summed E-state index contributed by atoms with van der Waals surface area (Å²) in [6.45, 7) is 4.22. The normalized spacial score (nSPS) is 10.7. The number of carbonyl (C=O) groups excluding carboxylic acids is 1. The molecule has 0 aliphatic heterocycles. The van der Waals surface area contributed by atoms with Crippen LogP contribution in [0.1, 0.15) is 21.6 Å². The zero-order valence-corrected chi connectivity index (χ0v) is 17.4. The molecule has 32 heavy (non-hydrogen) atoms. The number of carbonyl (C=O) groups is 1. The van der Waals surface area contributed by atoms with Gasteiger partial charge >= 0.3 is 0 Å². The third-order valence-electron chi connectivity index (χ3n) is 4.51. The number of nitro groups is 1. The average molecular weight is 432 g/mol. The van der Waals surface area contributed by atoms with E-state index in [9.17, 15) is 14.9 Å². The maximum Gasteiger partial charge on any atom is 0.276 e. The summed E-state index contributed by atoms with van der Waals surface area (Å²) in [5.74, 6) is 0.295. The summed E-state index contributed by atoms with van der Waals surface area (Å²) in [7, 11) is 0. The predicted octanol–water partition coefficient (Wildman–Crippen LogP) is 4.16. The Morgan fingerprint density at radius 1 is 1.06 bits per heavy atom. The number of nitrogens with one attached hydrogen (secondary N) is 1. The number of anilines is 1. The number of amides is 1. The quantitative estimate of drug-likeness (QED) is 0.346. The monoisotopic (exact) mass is 432 g/mol. The van der Waals surface area contributed by atoms with Crippen molar-refractivity contribution in [1.29, 1.82) is 0 Å². The number of aryl methyl sites for hydroxylation is 2. The third-order valence-corrected chi connectivity index (χ3v) is 4.51. The Hall–Kier alpha value is -4.47. The van der Waals surface area contributed by atoms with Gasteiger partial charge in [0.05, 0.1) is 16.7 Å². The van der Waals surface area contributed by atoms with Crippen molar-refractivity contribution in [2.75, 3.05) is 5.32 Å². The van der Waals surface area contributed by atoms with E-state index in [0.717, 1.165) is 11.1 Å². The van der Waals surface area contributed by atoms with Crippen molar-refractivity contribution in [3.63, 3.8) is 0 Å². The fraction of sp³-hybridized carbons (Fsp3) is 0.136. The van der Waals surface area contributed by atoms with E-state index in [0.29, 0.717) is 12.4 Å². The van der Waals surface area contributed by atoms with Crippen LogP contribution in [-0.4, -0.2) is 30.4 Å². The summed E-state index contributed by atoms with van der Waals surface area (Å²) in [6, 6.07) is 13.1. The van der Waals surface area contributed by atoms with Gasteiger partial charge in [0.1, 0.15) is 18.2 Å². The topological polar surface area (TPSA) is 117 Å². The van der Waals surface area contributed by atoms with Crippen molar-refractivity contribution in [2.24, 2.45) is 0 Å². The van der Waals surface area contributed by atoms with E-state index in [-0.39, 0.29) is 22.8 Å². The second-order valence-electron chi connectivity index (χ2n) is 7.28. The summed E-state index contributed by atoms with van der Waals surface area (Å²) in [4.78, 5) is 23.5. The average Bonchev–Trinajstić information content (AvgIpc) is 3.39. The highest BCUT2D eigenvalue weighted by Crippen LogP contribution is 2.30. The van der Waals surface area contributed by atoms with Crippen molar-refractivity contribution in [1.82, 2.24) is 19.6 Å². The van der Waals surface area contributed by atoms with Crippen molar-refractivity contribution in [3.05, 3.63) is 94.1 Å². The molecule has 10 nitrogen and oxygen atoms in total. The van der Waals surface area contributed by atoms with Crippen molar-refractivity contribution in [3.8, 4) is 11.5 Å². The lowest BCUT2D eigenvalue weighted by molar-refractivity contribution is -0.384. The molecule has 1 amide bonds. The first kappa shape index (κ1) is 20.8. The number of non-ortho nitro benzene ring substituents is 1. The highest BCUT2D eigenvalue weighted by Gasteiger charge is 2.16. The highest BCUT2D eigenvalue weighted by molar-refractivity contribution is 6.03. The molecule has 2 heterocycles. The molecule has 0 radical (unpaired) electrons. The summed E-state index contributed by atoms with van der Waals surface area (Å²) in [6.07, 6.45) is 5.08. The molecule has 0 spiro atoms. The van der Waals surface area contributed by atoms with Gasteiger partial charge in [-0.05, 0) is 49.2 Å². The maximum atomic E-state index is 12.6. The van der Waals surface area contributed by atoms with Crippen molar-refractivity contribution < 1.29 is 14.5 Å². The molecule has 4 rings (SSSR count). The van der Waals surface area contributed by atoms with Gasteiger partial charge in [-0.1, -0.05) is 6.07 Å². The summed E-state index contributed by atoms with van der Waals surface area (Å²) >= 11 is 0.